The largest absolute Gasteiger partial charge is 0.497 e. The van der Waals surface area contributed by atoms with Crippen LogP contribution in [0.3, 0.4) is 0 Å². The maximum Gasteiger partial charge on any atom is 0.254 e. The summed E-state index contributed by atoms with van der Waals surface area (Å²) in [7, 11) is 1.63. The van der Waals surface area contributed by atoms with Crippen LogP contribution in [0.25, 0.3) is 0 Å². The normalized spacial score (nSPS) is 17.2. The molecule has 2 heterocycles. The lowest BCUT2D eigenvalue weighted by Gasteiger charge is -2.11. The maximum absolute atomic E-state index is 11.8. The van der Waals surface area contributed by atoms with Gasteiger partial charge in [0.05, 0.1) is 24.4 Å². The van der Waals surface area contributed by atoms with E-state index in [1.54, 1.807) is 25.4 Å². The minimum atomic E-state index is -0.167. The molecule has 1 N–H and O–H groups in total. The number of fused-ring (bicyclic) bond motifs is 1. The molecule has 0 saturated heterocycles. The average molecular weight is 240 g/mol. The lowest BCUT2D eigenvalue weighted by Crippen LogP contribution is -2.19. The van der Waals surface area contributed by atoms with E-state index in [4.69, 9.17) is 4.74 Å². The van der Waals surface area contributed by atoms with Crippen LogP contribution in [0.2, 0.25) is 0 Å². The first-order chi connectivity index (χ1) is 8.79. The number of aromatic nitrogens is 1. The van der Waals surface area contributed by atoms with Crippen molar-refractivity contribution >= 4 is 5.91 Å². The zero-order chi connectivity index (χ0) is 12.5. The molecule has 0 spiro atoms. The number of rotatable bonds is 2. The molecule has 1 aliphatic rings. The third kappa shape index (κ3) is 1.62. The van der Waals surface area contributed by atoms with Crippen molar-refractivity contribution < 1.29 is 9.53 Å². The van der Waals surface area contributed by atoms with Gasteiger partial charge in [-0.2, -0.15) is 0 Å². The second kappa shape index (κ2) is 4.14. The van der Waals surface area contributed by atoms with Crippen LogP contribution in [0.1, 0.15) is 27.7 Å². The van der Waals surface area contributed by atoms with Crippen LogP contribution < -0.4 is 10.1 Å². The quantitative estimate of drug-likeness (QED) is 0.872. The highest BCUT2D eigenvalue weighted by Gasteiger charge is 2.30. The van der Waals surface area contributed by atoms with E-state index in [2.05, 4.69) is 10.3 Å². The number of carbonyl (C=O) groups excluding carboxylic acids is 1. The lowest BCUT2D eigenvalue weighted by molar-refractivity contribution is 0.0960. The first kappa shape index (κ1) is 10.8. The van der Waals surface area contributed by atoms with Crippen LogP contribution in [0, 0.1) is 0 Å². The van der Waals surface area contributed by atoms with Crippen molar-refractivity contribution in [3.05, 3.63) is 59.4 Å². The molecule has 4 heteroatoms. The van der Waals surface area contributed by atoms with Crippen LogP contribution in [0.4, 0.5) is 0 Å². The van der Waals surface area contributed by atoms with Crippen molar-refractivity contribution in [3.63, 3.8) is 0 Å². The third-order valence-corrected chi connectivity index (χ3v) is 3.08. The molecular formula is C14H12N2O2. The van der Waals surface area contributed by atoms with Gasteiger partial charge in [-0.15, -0.1) is 0 Å². The molecular weight excluding hydrogens is 228 g/mol. The van der Waals surface area contributed by atoms with Crippen LogP contribution in [-0.2, 0) is 0 Å². The van der Waals surface area contributed by atoms with Gasteiger partial charge in [0.15, 0.2) is 0 Å². The summed E-state index contributed by atoms with van der Waals surface area (Å²) < 4.78 is 5.12. The Labute approximate surface area is 105 Å². The molecule has 1 aromatic carbocycles. The van der Waals surface area contributed by atoms with Crippen molar-refractivity contribution in [1.29, 1.82) is 0 Å². The minimum absolute atomic E-state index is 0.0704. The first-order valence-corrected chi connectivity index (χ1v) is 5.69. The molecule has 4 nitrogen and oxygen atoms in total. The number of nitrogens with one attached hydrogen (secondary N) is 1. The summed E-state index contributed by atoms with van der Waals surface area (Å²) in [5.74, 6) is 0.725. The van der Waals surface area contributed by atoms with Gasteiger partial charge < -0.3 is 10.1 Å². The SMILES string of the molecule is COc1ccc(C2NC(=O)c3cccnc32)cc1. The Morgan fingerprint density at radius 1 is 1.22 bits per heavy atom. The molecule has 1 aliphatic heterocycles. The summed E-state index contributed by atoms with van der Waals surface area (Å²) >= 11 is 0. The fraction of sp³-hybridized carbons (Fsp3) is 0.143. The fourth-order valence-electron chi connectivity index (χ4n) is 2.15. The summed E-state index contributed by atoms with van der Waals surface area (Å²) in [6, 6.07) is 11.0. The third-order valence-electron chi connectivity index (χ3n) is 3.08. The molecule has 3 rings (SSSR count). The lowest BCUT2D eigenvalue weighted by atomic mass is 10.0. The molecule has 0 saturated carbocycles. The Morgan fingerprint density at radius 3 is 2.72 bits per heavy atom. The highest BCUT2D eigenvalue weighted by Crippen LogP contribution is 2.29. The Hall–Kier alpha value is -2.36. The number of nitrogens with zero attached hydrogens (tertiary/aromatic N) is 1. The molecule has 1 unspecified atom stereocenters. The first-order valence-electron chi connectivity index (χ1n) is 5.69. The van der Waals surface area contributed by atoms with E-state index in [0.29, 0.717) is 5.56 Å². The second-order valence-electron chi connectivity index (χ2n) is 4.12. The minimum Gasteiger partial charge on any atom is -0.497 e. The zero-order valence-corrected chi connectivity index (χ0v) is 9.88. The van der Waals surface area contributed by atoms with Crippen LogP contribution >= 0.6 is 0 Å². The van der Waals surface area contributed by atoms with Gasteiger partial charge in [-0.1, -0.05) is 12.1 Å². The van der Waals surface area contributed by atoms with Crippen molar-refractivity contribution in [3.8, 4) is 5.75 Å². The highest BCUT2D eigenvalue weighted by atomic mass is 16.5. The maximum atomic E-state index is 11.8. The smallest absolute Gasteiger partial charge is 0.254 e. The number of hydrogen-bond donors (Lipinski definition) is 1. The molecule has 2 aromatic rings. The van der Waals surface area contributed by atoms with E-state index >= 15 is 0 Å². The predicted octanol–water partition coefficient (Wildman–Crippen LogP) is 1.92. The monoisotopic (exact) mass is 240 g/mol. The molecule has 1 amide bonds. The summed E-state index contributed by atoms with van der Waals surface area (Å²) in [5.41, 5.74) is 2.44. The van der Waals surface area contributed by atoms with Crippen molar-refractivity contribution in [1.82, 2.24) is 10.3 Å². The van der Waals surface area contributed by atoms with E-state index in [0.717, 1.165) is 17.0 Å². The summed E-state index contributed by atoms with van der Waals surface area (Å²) in [4.78, 5) is 16.1. The molecule has 0 radical (unpaired) electrons. The van der Waals surface area contributed by atoms with E-state index in [9.17, 15) is 4.79 Å². The average Bonchev–Trinajstić information content (AvgIpc) is 2.77. The predicted molar refractivity (Wildman–Crippen MR) is 66.5 cm³/mol. The second-order valence-corrected chi connectivity index (χ2v) is 4.12. The molecule has 0 aliphatic carbocycles. The van der Waals surface area contributed by atoms with Gasteiger partial charge in [0, 0.05) is 6.20 Å². The van der Waals surface area contributed by atoms with Gasteiger partial charge in [-0.05, 0) is 29.8 Å². The topological polar surface area (TPSA) is 51.2 Å². The molecule has 1 aromatic heterocycles. The number of pyridine rings is 1. The van der Waals surface area contributed by atoms with E-state index in [1.807, 2.05) is 24.3 Å². The van der Waals surface area contributed by atoms with Gasteiger partial charge in [0.1, 0.15) is 5.75 Å². The van der Waals surface area contributed by atoms with E-state index < -0.39 is 0 Å². The fourth-order valence-corrected chi connectivity index (χ4v) is 2.15. The summed E-state index contributed by atoms with van der Waals surface area (Å²) in [6.07, 6.45) is 1.70. The van der Waals surface area contributed by atoms with Crippen molar-refractivity contribution in [2.75, 3.05) is 7.11 Å². The Kier molecular flexibility index (Phi) is 2.48. The summed E-state index contributed by atoms with van der Waals surface area (Å²) in [5, 5.41) is 2.93. The Balaban J connectivity index is 2.01. The van der Waals surface area contributed by atoms with Gasteiger partial charge in [0.25, 0.3) is 5.91 Å². The molecule has 1 atom stereocenters. The summed E-state index contributed by atoms with van der Waals surface area (Å²) in [6.45, 7) is 0. The highest BCUT2D eigenvalue weighted by molar-refractivity contribution is 5.99. The standard InChI is InChI=1S/C14H12N2O2/c1-18-10-6-4-9(5-7-10)12-13-11(14(17)16-12)3-2-8-15-13/h2-8,12H,1H3,(H,16,17). The molecule has 90 valence electrons. The van der Waals surface area contributed by atoms with E-state index in [1.165, 1.54) is 0 Å². The number of hydrogen-bond acceptors (Lipinski definition) is 3. The van der Waals surface area contributed by atoms with Crippen LogP contribution in [-0.4, -0.2) is 18.0 Å². The van der Waals surface area contributed by atoms with Crippen molar-refractivity contribution in [2.45, 2.75) is 6.04 Å². The molecule has 18 heavy (non-hydrogen) atoms. The van der Waals surface area contributed by atoms with Gasteiger partial charge >= 0.3 is 0 Å². The molecule has 0 bridgehead atoms. The Bertz CT molecular complexity index is 593. The van der Waals surface area contributed by atoms with Gasteiger partial charge in [-0.25, -0.2) is 0 Å². The van der Waals surface area contributed by atoms with Crippen LogP contribution in [0.15, 0.2) is 42.6 Å². The van der Waals surface area contributed by atoms with Gasteiger partial charge in [-0.3, -0.25) is 9.78 Å². The van der Waals surface area contributed by atoms with Crippen molar-refractivity contribution in [2.24, 2.45) is 0 Å². The zero-order valence-electron chi connectivity index (χ0n) is 9.88. The Morgan fingerprint density at radius 2 is 2.00 bits per heavy atom. The van der Waals surface area contributed by atoms with E-state index in [-0.39, 0.29) is 11.9 Å². The van der Waals surface area contributed by atoms with Crippen LogP contribution in [0.5, 0.6) is 5.75 Å². The number of carbonyl (C=O) groups is 1. The number of benzene rings is 1. The number of amides is 1. The number of methoxy groups -OCH3 is 1. The number of ether oxygens (including phenoxy) is 1. The van der Waals surface area contributed by atoms with Gasteiger partial charge in [0.2, 0.25) is 0 Å². The molecule has 0 fully saturated rings.